The number of nitrogens with one attached hydrogen (secondary N) is 1. The first-order valence-electron chi connectivity index (χ1n) is 5.07. The van der Waals surface area contributed by atoms with Crippen LogP contribution >= 0.6 is 0 Å². The maximum absolute atomic E-state index is 5.35. The van der Waals surface area contributed by atoms with Crippen LogP contribution in [-0.4, -0.2) is 56.4 Å². The van der Waals surface area contributed by atoms with Gasteiger partial charge in [-0.05, 0) is 6.54 Å². The van der Waals surface area contributed by atoms with Crippen LogP contribution < -0.4 is 5.32 Å². The molecular formula is C9H23NO4Si. The van der Waals surface area contributed by atoms with Gasteiger partial charge in [-0.25, -0.2) is 0 Å². The molecule has 0 aromatic carbocycles. The van der Waals surface area contributed by atoms with Crippen molar-refractivity contribution in [1.29, 1.82) is 0 Å². The number of hydrogen-bond donors (Lipinski definition) is 1. The Kier molecular flexibility index (Phi) is 8.21. The minimum atomic E-state index is -2.52. The Morgan fingerprint density at radius 3 is 1.93 bits per heavy atom. The van der Waals surface area contributed by atoms with Crippen molar-refractivity contribution in [2.45, 2.75) is 19.1 Å². The van der Waals surface area contributed by atoms with E-state index in [4.69, 9.17) is 18.0 Å². The van der Waals surface area contributed by atoms with Crippen LogP contribution in [0.2, 0.25) is 6.04 Å². The summed E-state index contributed by atoms with van der Waals surface area (Å²) >= 11 is 0. The fourth-order valence-corrected chi connectivity index (χ4v) is 3.19. The van der Waals surface area contributed by atoms with Gasteiger partial charge in [0.25, 0.3) is 0 Å². The second-order valence-corrected chi connectivity index (χ2v) is 6.16. The third-order valence-corrected chi connectivity index (χ3v) is 5.19. The second kappa shape index (κ2) is 8.20. The molecule has 0 aliphatic heterocycles. The van der Waals surface area contributed by atoms with E-state index in [1.54, 1.807) is 28.4 Å². The van der Waals surface area contributed by atoms with E-state index in [2.05, 4.69) is 12.2 Å². The fourth-order valence-electron chi connectivity index (χ4n) is 1.32. The van der Waals surface area contributed by atoms with Crippen molar-refractivity contribution in [3.8, 4) is 0 Å². The van der Waals surface area contributed by atoms with E-state index in [0.717, 1.165) is 13.1 Å². The van der Waals surface area contributed by atoms with Gasteiger partial charge in [0.2, 0.25) is 0 Å². The van der Waals surface area contributed by atoms with E-state index in [1.165, 1.54) is 0 Å². The van der Waals surface area contributed by atoms with Gasteiger partial charge in [0.1, 0.15) is 0 Å². The number of ether oxygens (including phenoxy) is 1. The molecule has 0 aromatic rings. The summed E-state index contributed by atoms with van der Waals surface area (Å²) < 4.78 is 21.4. The quantitative estimate of drug-likeness (QED) is 0.591. The Balaban J connectivity index is 4.21. The van der Waals surface area contributed by atoms with Gasteiger partial charge in [0.15, 0.2) is 0 Å². The van der Waals surface area contributed by atoms with Crippen LogP contribution in [0.15, 0.2) is 0 Å². The fraction of sp³-hybridized carbons (Fsp3) is 1.00. The molecule has 0 aliphatic rings. The largest absolute Gasteiger partial charge is 0.502 e. The lowest BCUT2D eigenvalue weighted by atomic mass is 10.4. The van der Waals surface area contributed by atoms with Gasteiger partial charge in [-0.15, -0.1) is 0 Å². The Morgan fingerprint density at radius 1 is 1.07 bits per heavy atom. The molecule has 1 N–H and O–H groups in total. The molecule has 1 unspecified atom stereocenters. The van der Waals surface area contributed by atoms with Gasteiger partial charge in [0, 0.05) is 41.0 Å². The van der Waals surface area contributed by atoms with E-state index < -0.39 is 8.80 Å². The summed E-state index contributed by atoms with van der Waals surface area (Å²) in [5, 5.41) is 3.22. The van der Waals surface area contributed by atoms with Crippen LogP contribution in [0.3, 0.4) is 0 Å². The molecule has 15 heavy (non-hydrogen) atoms. The highest BCUT2D eigenvalue weighted by Gasteiger charge is 2.40. The summed E-state index contributed by atoms with van der Waals surface area (Å²) in [4.78, 5) is 0. The van der Waals surface area contributed by atoms with Crippen LogP contribution in [0.5, 0.6) is 0 Å². The number of likely N-dealkylation sites (N-methyl/N-ethyl adjacent to an activating group) is 1. The van der Waals surface area contributed by atoms with Gasteiger partial charge in [-0.1, -0.05) is 6.92 Å². The van der Waals surface area contributed by atoms with Gasteiger partial charge >= 0.3 is 8.80 Å². The molecule has 0 spiro atoms. The molecule has 0 bridgehead atoms. The topological polar surface area (TPSA) is 49.0 Å². The number of hydrogen-bond acceptors (Lipinski definition) is 5. The minimum absolute atomic E-state index is 0.0523. The first-order valence-corrected chi connectivity index (χ1v) is 7.00. The average Bonchev–Trinajstić information content (AvgIpc) is 2.30. The van der Waals surface area contributed by atoms with E-state index in [9.17, 15) is 0 Å². The molecule has 5 nitrogen and oxygen atoms in total. The SMILES string of the molecule is CCNCC(C[Si](OC)(OC)OC)OC. The van der Waals surface area contributed by atoms with Crippen molar-refractivity contribution >= 4 is 8.80 Å². The molecule has 1 atom stereocenters. The lowest BCUT2D eigenvalue weighted by Crippen LogP contribution is -2.47. The van der Waals surface area contributed by atoms with Crippen LogP contribution in [0.25, 0.3) is 0 Å². The first kappa shape index (κ1) is 15.0. The highest BCUT2D eigenvalue weighted by Crippen LogP contribution is 2.16. The Hall–Kier alpha value is 0.0169. The van der Waals surface area contributed by atoms with Crippen molar-refractivity contribution in [3.63, 3.8) is 0 Å². The smallest absolute Gasteiger partial charge is 0.380 e. The van der Waals surface area contributed by atoms with Crippen LogP contribution in [0, 0.1) is 0 Å². The van der Waals surface area contributed by atoms with E-state index >= 15 is 0 Å². The number of methoxy groups -OCH3 is 1. The summed E-state index contributed by atoms with van der Waals surface area (Å²) in [5.41, 5.74) is 0. The van der Waals surface area contributed by atoms with Crippen molar-refractivity contribution < 1.29 is 18.0 Å². The Labute approximate surface area is 93.4 Å². The molecule has 0 radical (unpaired) electrons. The number of rotatable bonds is 9. The molecule has 0 amide bonds. The van der Waals surface area contributed by atoms with Crippen molar-refractivity contribution in [1.82, 2.24) is 5.32 Å². The first-order chi connectivity index (χ1) is 7.17. The third kappa shape index (κ3) is 5.05. The second-order valence-electron chi connectivity index (χ2n) is 3.16. The summed E-state index contributed by atoms with van der Waals surface area (Å²) in [6, 6.07) is 0.653. The Morgan fingerprint density at radius 2 is 1.60 bits per heavy atom. The van der Waals surface area contributed by atoms with Crippen molar-refractivity contribution in [2.75, 3.05) is 41.5 Å². The van der Waals surface area contributed by atoms with E-state index in [0.29, 0.717) is 6.04 Å². The average molecular weight is 237 g/mol. The highest BCUT2D eigenvalue weighted by atomic mass is 28.4. The lowest BCUT2D eigenvalue weighted by molar-refractivity contribution is 0.0728. The van der Waals surface area contributed by atoms with E-state index in [-0.39, 0.29) is 6.10 Å². The molecule has 0 heterocycles. The molecule has 92 valence electrons. The third-order valence-electron chi connectivity index (χ3n) is 2.37. The van der Waals surface area contributed by atoms with Crippen LogP contribution in [0.4, 0.5) is 0 Å². The Bertz CT molecular complexity index is 147. The van der Waals surface area contributed by atoms with Crippen LogP contribution in [-0.2, 0) is 18.0 Å². The summed E-state index contributed by atoms with van der Waals surface area (Å²) in [6.07, 6.45) is 0.0523. The monoisotopic (exact) mass is 237 g/mol. The highest BCUT2D eigenvalue weighted by molar-refractivity contribution is 6.60. The van der Waals surface area contributed by atoms with Gasteiger partial charge in [-0.2, -0.15) is 0 Å². The minimum Gasteiger partial charge on any atom is -0.380 e. The van der Waals surface area contributed by atoms with Gasteiger partial charge < -0.3 is 23.3 Å². The summed E-state index contributed by atoms with van der Waals surface area (Å²) in [5.74, 6) is 0. The van der Waals surface area contributed by atoms with Gasteiger partial charge in [0.05, 0.1) is 6.10 Å². The zero-order valence-electron chi connectivity index (χ0n) is 10.3. The molecule has 0 saturated heterocycles. The lowest BCUT2D eigenvalue weighted by Gasteiger charge is -2.28. The maximum Gasteiger partial charge on any atom is 0.502 e. The van der Waals surface area contributed by atoms with Crippen molar-refractivity contribution in [2.24, 2.45) is 0 Å². The molecule has 0 saturated carbocycles. The zero-order valence-corrected chi connectivity index (χ0v) is 11.3. The van der Waals surface area contributed by atoms with Crippen molar-refractivity contribution in [3.05, 3.63) is 0 Å². The molecule has 0 aliphatic carbocycles. The molecule has 0 rings (SSSR count). The molecule has 6 heteroatoms. The summed E-state index contributed by atoms with van der Waals surface area (Å²) in [7, 11) is 4.00. The van der Waals surface area contributed by atoms with E-state index in [1.807, 2.05) is 0 Å². The zero-order chi connectivity index (χ0) is 11.7. The molecular weight excluding hydrogens is 214 g/mol. The predicted molar refractivity (Wildman–Crippen MR) is 60.9 cm³/mol. The molecule has 0 aromatic heterocycles. The summed E-state index contributed by atoms with van der Waals surface area (Å²) in [6.45, 7) is 3.75. The maximum atomic E-state index is 5.35. The van der Waals surface area contributed by atoms with Gasteiger partial charge in [-0.3, -0.25) is 0 Å². The molecule has 0 fully saturated rings. The predicted octanol–water partition coefficient (Wildman–Crippen LogP) is 0.489. The standard InChI is InChI=1S/C9H23NO4Si/c1-6-10-7-9(11-2)8-15(12-3,13-4)14-5/h9-10H,6-8H2,1-5H3. The van der Waals surface area contributed by atoms with Crippen LogP contribution in [0.1, 0.15) is 6.92 Å². The normalized spacial score (nSPS) is 14.2.